The van der Waals surface area contributed by atoms with Gasteiger partial charge in [0.2, 0.25) is 0 Å². The third kappa shape index (κ3) is 6.14. The molecule has 7 nitrogen and oxygen atoms in total. The predicted octanol–water partition coefficient (Wildman–Crippen LogP) is 3.70. The number of likely N-dealkylation sites (N-methyl/N-ethyl adjacent to an activating group) is 1. The topological polar surface area (TPSA) is 87.9 Å². The van der Waals surface area contributed by atoms with Crippen LogP contribution in [0.15, 0.2) is 42.5 Å². The van der Waals surface area contributed by atoms with Gasteiger partial charge in [-0.2, -0.15) is 0 Å². The number of aryl methyl sites for hydroxylation is 1. The van der Waals surface area contributed by atoms with Crippen LogP contribution in [0, 0.1) is 6.92 Å². The molecule has 0 radical (unpaired) electrons. The predicted molar refractivity (Wildman–Crippen MR) is 130 cm³/mol. The molecule has 0 saturated carbocycles. The summed E-state index contributed by atoms with van der Waals surface area (Å²) < 4.78 is 5.42. The Kier molecular flexibility index (Phi) is 9.35. The van der Waals surface area contributed by atoms with E-state index >= 15 is 0 Å². The van der Waals surface area contributed by atoms with E-state index < -0.39 is 6.03 Å². The molecule has 3 rings (SSSR count). The van der Waals surface area contributed by atoms with Crippen LogP contribution in [-0.4, -0.2) is 61.6 Å². The highest BCUT2D eigenvalue weighted by Gasteiger charge is 2.28. The second kappa shape index (κ2) is 11.7. The molecule has 0 bridgehead atoms. The summed E-state index contributed by atoms with van der Waals surface area (Å²) in [6.07, 6.45) is 2.85. The maximum Gasteiger partial charge on any atom is 0.316 e. The van der Waals surface area contributed by atoms with Crippen LogP contribution in [0.4, 0.5) is 10.5 Å². The number of nitrogens with one attached hydrogen (secondary N) is 1. The summed E-state index contributed by atoms with van der Waals surface area (Å²) in [5.74, 6) is 0.340. The van der Waals surface area contributed by atoms with Crippen molar-refractivity contribution in [2.24, 2.45) is 5.73 Å². The zero-order chi connectivity index (χ0) is 22.4. The molecule has 1 heterocycles. The Morgan fingerprint density at radius 1 is 1.16 bits per heavy atom. The lowest BCUT2D eigenvalue weighted by Crippen LogP contribution is -2.46. The van der Waals surface area contributed by atoms with Gasteiger partial charge in [0.1, 0.15) is 5.75 Å². The Labute approximate surface area is 196 Å². The van der Waals surface area contributed by atoms with Gasteiger partial charge in [0, 0.05) is 25.7 Å². The number of halogens is 1. The number of primary amides is 1. The maximum absolute atomic E-state index is 13.2. The number of ether oxygens (including phenoxy) is 1. The summed E-state index contributed by atoms with van der Waals surface area (Å²) in [5.41, 5.74) is 8.23. The quantitative estimate of drug-likeness (QED) is 0.659. The first-order valence-electron chi connectivity index (χ1n) is 10.7. The van der Waals surface area contributed by atoms with E-state index in [2.05, 4.69) is 41.5 Å². The van der Waals surface area contributed by atoms with Gasteiger partial charge in [-0.25, -0.2) is 4.79 Å². The molecule has 1 aliphatic rings. The van der Waals surface area contributed by atoms with Gasteiger partial charge in [-0.1, -0.05) is 36.4 Å². The first kappa shape index (κ1) is 25.5. The number of nitrogens with two attached hydrogens (primary N) is 1. The Morgan fingerprint density at radius 2 is 1.81 bits per heavy atom. The van der Waals surface area contributed by atoms with Crippen molar-refractivity contribution in [2.45, 2.75) is 32.2 Å². The molecule has 0 unspecified atom stereocenters. The first-order chi connectivity index (χ1) is 14.9. The van der Waals surface area contributed by atoms with E-state index in [0.29, 0.717) is 36.1 Å². The van der Waals surface area contributed by atoms with Gasteiger partial charge in [-0.3, -0.25) is 4.79 Å². The highest BCUT2D eigenvalue weighted by molar-refractivity contribution is 6.05. The SMILES string of the molecule is COc1c(C)ccc(C(=O)N2CCC(N(C)CCc3ccccc3)CC2)c1NC(N)=O.Cl. The number of methoxy groups -OCH3 is 1. The second-order valence-electron chi connectivity index (χ2n) is 8.07. The molecule has 8 heteroatoms. The number of rotatable bonds is 7. The standard InChI is InChI=1S/C24H32N4O3.ClH/c1-17-9-10-20(21(22(17)31-3)26-24(25)30)23(29)28-15-12-19(13-16-28)27(2)14-11-18-7-5-4-6-8-18;/h4-10,19H,11-16H2,1-3H3,(H3,25,26,30);1H. The van der Waals surface area contributed by atoms with Gasteiger partial charge in [-0.15, -0.1) is 12.4 Å². The minimum atomic E-state index is -0.725. The third-order valence-electron chi connectivity index (χ3n) is 6.01. The third-order valence-corrected chi connectivity index (χ3v) is 6.01. The molecular formula is C24H33ClN4O3. The van der Waals surface area contributed by atoms with Crippen molar-refractivity contribution in [1.29, 1.82) is 0 Å². The molecule has 2 aromatic rings. The summed E-state index contributed by atoms with van der Waals surface area (Å²) in [5, 5.41) is 2.57. The highest BCUT2D eigenvalue weighted by atomic mass is 35.5. The van der Waals surface area contributed by atoms with Crippen LogP contribution in [0.25, 0.3) is 0 Å². The van der Waals surface area contributed by atoms with Crippen LogP contribution in [0.2, 0.25) is 0 Å². The van der Waals surface area contributed by atoms with E-state index in [1.54, 1.807) is 6.07 Å². The van der Waals surface area contributed by atoms with E-state index in [4.69, 9.17) is 10.5 Å². The van der Waals surface area contributed by atoms with Gasteiger partial charge in [0.05, 0.1) is 18.4 Å². The van der Waals surface area contributed by atoms with Crippen LogP contribution in [0.5, 0.6) is 5.75 Å². The van der Waals surface area contributed by atoms with Crippen molar-refractivity contribution in [1.82, 2.24) is 9.80 Å². The zero-order valence-corrected chi connectivity index (χ0v) is 19.8. The Morgan fingerprint density at radius 3 is 2.41 bits per heavy atom. The molecule has 3 amide bonds. The fourth-order valence-corrected chi connectivity index (χ4v) is 4.19. The Bertz CT molecular complexity index is 915. The lowest BCUT2D eigenvalue weighted by molar-refractivity contribution is 0.0647. The number of carbonyl (C=O) groups is 2. The average molecular weight is 461 g/mol. The summed E-state index contributed by atoms with van der Waals surface area (Å²) in [6.45, 7) is 4.19. The molecule has 0 spiro atoms. The smallest absolute Gasteiger partial charge is 0.316 e. The van der Waals surface area contributed by atoms with Crippen LogP contribution < -0.4 is 15.8 Å². The van der Waals surface area contributed by atoms with Crippen LogP contribution in [-0.2, 0) is 6.42 Å². The number of likely N-dealkylation sites (tertiary alicyclic amines) is 1. The van der Waals surface area contributed by atoms with E-state index in [9.17, 15) is 9.59 Å². The lowest BCUT2D eigenvalue weighted by atomic mass is 10.0. The fourth-order valence-electron chi connectivity index (χ4n) is 4.19. The lowest BCUT2D eigenvalue weighted by Gasteiger charge is -2.37. The number of hydrogen-bond acceptors (Lipinski definition) is 4. The molecule has 3 N–H and O–H groups in total. The maximum atomic E-state index is 13.2. The summed E-state index contributed by atoms with van der Waals surface area (Å²) in [4.78, 5) is 29.0. The number of carbonyl (C=O) groups excluding carboxylic acids is 2. The molecular weight excluding hydrogens is 428 g/mol. The number of amides is 3. The number of piperidine rings is 1. The van der Waals surface area contributed by atoms with Gasteiger partial charge in [-0.05, 0) is 50.4 Å². The van der Waals surface area contributed by atoms with E-state index in [-0.39, 0.29) is 18.3 Å². The van der Waals surface area contributed by atoms with Crippen molar-refractivity contribution < 1.29 is 14.3 Å². The van der Waals surface area contributed by atoms with E-state index in [0.717, 1.165) is 31.4 Å². The molecule has 174 valence electrons. The van der Waals surface area contributed by atoms with Gasteiger partial charge in [0.25, 0.3) is 5.91 Å². The molecule has 1 saturated heterocycles. The molecule has 2 aromatic carbocycles. The van der Waals surface area contributed by atoms with E-state index in [1.165, 1.54) is 12.7 Å². The van der Waals surface area contributed by atoms with Crippen LogP contribution in [0.1, 0.15) is 34.3 Å². The van der Waals surface area contributed by atoms with Crippen molar-refractivity contribution in [3.63, 3.8) is 0 Å². The number of urea groups is 1. The molecule has 1 aliphatic heterocycles. The van der Waals surface area contributed by atoms with Gasteiger partial charge < -0.3 is 25.6 Å². The van der Waals surface area contributed by atoms with E-state index in [1.807, 2.05) is 24.0 Å². The summed E-state index contributed by atoms with van der Waals surface area (Å²) in [6, 6.07) is 13.8. The van der Waals surface area contributed by atoms with Gasteiger partial charge >= 0.3 is 6.03 Å². The minimum absolute atomic E-state index is 0. The summed E-state index contributed by atoms with van der Waals surface area (Å²) in [7, 11) is 3.67. The van der Waals surface area contributed by atoms with Crippen molar-refractivity contribution in [3.8, 4) is 5.75 Å². The number of nitrogens with zero attached hydrogens (tertiary/aromatic N) is 2. The fraction of sp³-hybridized carbons (Fsp3) is 0.417. The molecule has 32 heavy (non-hydrogen) atoms. The average Bonchev–Trinajstić information content (AvgIpc) is 2.78. The largest absolute Gasteiger partial charge is 0.494 e. The van der Waals surface area contributed by atoms with Crippen molar-refractivity contribution in [2.75, 3.05) is 39.1 Å². The number of anilines is 1. The number of benzene rings is 2. The highest BCUT2D eigenvalue weighted by Crippen LogP contribution is 2.33. The van der Waals surface area contributed by atoms with Gasteiger partial charge in [0.15, 0.2) is 0 Å². The monoisotopic (exact) mass is 460 g/mol. The Hall–Kier alpha value is -2.77. The number of hydrogen-bond donors (Lipinski definition) is 2. The molecule has 0 atom stereocenters. The molecule has 1 fully saturated rings. The normalized spacial score (nSPS) is 14.1. The molecule has 0 aliphatic carbocycles. The van der Waals surface area contributed by atoms with Crippen LogP contribution in [0.3, 0.4) is 0 Å². The van der Waals surface area contributed by atoms with Crippen molar-refractivity contribution in [3.05, 3.63) is 59.2 Å². The van der Waals surface area contributed by atoms with Crippen molar-refractivity contribution >= 4 is 30.0 Å². The second-order valence-corrected chi connectivity index (χ2v) is 8.07. The first-order valence-corrected chi connectivity index (χ1v) is 10.7. The zero-order valence-electron chi connectivity index (χ0n) is 19.0. The minimum Gasteiger partial charge on any atom is -0.494 e. The summed E-state index contributed by atoms with van der Waals surface area (Å²) >= 11 is 0. The molecule has 0 aromatic heterocycles. The van der Waals surface area contributed by atoms with Crippen LogP contribution >= 0.6 is 12.4 Å². The Balaban J connectivity index is 0.00000363.